The molecule has 0 amide bonds. The SMILES string of the molecule is CCCc1nc(CSc2nc3ccccc3[nH]2)cs1. The molecule has 3 nitrogen and oxygen atoms in total. The van der Waals surface area contributed by atoms with Crippen molar-refractivity contribution < 1.29 is 0 Å². The number of benzene rings is 1. The predicted molar refractivity (Wildman–Crippen MR) is 81.8 cm³/mol. The normalized spacial score (nSPS) is 11.2. The van der Waals surface area contributed by atoms with Crippen LogP contribution in [0.2, 0.25) is 0 Å². The maximum Gasteiger partial charge on any atom is 0.166 e. The Morgan fingerprint density at radius 3 is 3.00 bits per heavy atom. The lowest BCUT2D eigenvalue weighted by molar-refractivity contribution is 0.902. The molecule has 0 radical (unpaired) electrons. The van der Waals surface area contributed by atoms with Crippen LogP contribution in [-0.4, -0.2) is 15.0 Å². The van der Waals surface area contributed by atoms with Gasteiger partial charge >= 0.3 is 0 Å². The first-order valence-electron chi connectivity index (χ1n) is 6.36. The van der Waals surface area contributed by atoms with E-state index in [1.165, 1.54) is 5.01 Å². The van der Waals surface area contributed by atoms with Gasteiger partial charge in [0.25, 0.3) is 0 Å². The number of H-pyrrole nitrogens is 1. The Morgan fingerprint density at radius 1 is 1.26 bits per heavy atom. The fraction of sp³-hybridized carbons (Fsp3) is 0.286. The van der Waals surface area contributed by atoms with Crippen molar-refractivity contribution in [3.05, 3.63) is 40.3 Å². The Labute approximate surface area is 120 Å². The summed E-state index contributed by atoms with van der Waals surface area (Å²) >= 11 is 3.47. The van der Waals surface area contributed by atoms with Gasteiger partial charge in [-0.2, -0.15) is 0 Å². The molecule has 0 aliphatic rings. The van der Waals surface area contributed by atoms with Gasteiger partial charge in [0.15, 0.2) is 5.16 Å². The van der Waals surface area contributed by atoms with Crippen molar-refractivity contribution in [2.75, 3.05) is 0 Å². The van der Waals surface area contributed by atoms with Gasteiger partial charge in [0.05, 0.1) is 21.7 Å². The number of imidazole rings is 1. The molecule has 0 saturated heterocycles. The molecule has 1 aromatic carbocycles. The lowest BCUT2D eigenvalue weighted by Gasteiger charge is -1.93. The summed E-state index contributed by atoms with van der Waals surface area (Å²) in [5, 5.41) is 4.36. The van der Waals surface area contributed by atoms with Crippen molar-refractivity contribution in [3.63, 3.8) is 0 Å². The highest BCUT2D eigenvalue weighted by Gasteiger charge is 2.05. The van der Waals surface area contributed by atoms with Gasteiger partial charge in [0.2, 0.25) is 0 Å². The van der Waals surface area contributed by atoms with Crippen molar-refractivity contribution in [1.29, 1.82) is 0 Å². The topological polar surface area (TPSA) is 41.6 Å². The molecule has 0 bridgehead atoms. The summed E-state index contributed by atoms with van der Waals surface area (Å²) in [5.41, 5.74) is 3.27. The second-order valence-corrected chi connectivity index (χ2v) is 6.24. The molecule has 98 valence electrons. The van der Waals surface area contributed by atoms with E-state index in [0.717, 1.165) is 40.5 Å². The van der Waals surface area contributed by atoms with Crippen LogP contribution in [0.5, 0.6) is 0 Å². The van der Waals surface area contributed by atoms with E-state index in [9.17, 15) is 0 Å². The van der Waals surface area contributed by atoms with Crippen LogP contribution in [0.3, 0.4) is 0 Å². The van der Waals surface area contributed by atoms with Crippen LogP contribution >= 0.6 is 23.1 Å². The van der Waals surface area contributed by atoms with Crippen molar-refractivity contribution in [2.45, 2.75) is 30.7 Å². The molecule has 0 aliphatic heterocycles. The van der Waals surface area contributed by atoms with Gasteiger partial charge in [-0.25, -0.2) is 9.97 Å². The van der Waals surface area contributed by atoms with Crippen LogP contribution in [0.25, 0.3) is 11.0 Å². The maximum absolute atomic E-state index is 4.62. The minimum Gasteiger partial charge on any atom is -0.333 e. The zero-order chi connectivity index (χ0) is 13.1. The smallest absolute Gasteiger partial charge is 0.166 e. The number of thiazole rings is 1. The molecule has 0 spiro atoms. The van der Waals surface area contributed by atoms with Gasteiger partial charge in [-0.05, 0) is 25.0 Å². The van der Waals surface area contributed by atoms with Gasteiger partial charge in [-0.1, -0.05) is 30.8 Å². The quantitative estimate of drug-likeness (QED) is 0.713. The molecule has 0 unspecified atom stereocenters. The molecule has 1 N–H and O–H groups in total. The Hall–Kier alpha value is -1.33. The number of hydrogen-bond acceptors (Lipinski definition) is 4. The first kappa shape index (κ1) is 12.7. The van der Waals surface area contributed by atoms with Crippen molar-refractivity contribution in [3.8, 4) is 0 Å². The summed E-state index contributed by atoms with van der Waals surface area (Å²) in [5.74, 6) is 0.875. The first-order valence-corrected chi connectivity index (χ1v) is 8.22. The summed E-state index contributed by atoms with van der Waals surface area (Å²) < 4.78 is 0. The fourth-order valence-electron chi connectivity index (χ4n) is 1.88. The molecule has 0 aliphatic carbocycles. The summed E-state index contributed by atoms with van der Waals surface area (Å²) in [4.78, 5) is 12.5. The highest BCUT2D eigenvalue weighted by molar-refractivity contribution is 7.98. The second kappa shape index (κ2) is 5.75. The number of nitrogens with one attached hydrogen (secondary N) is 1. The first-order chi connectivity index (χ1) is 9.35. The maximum atomic E-state index is 4.62. The third-order valence-corrected chi connectivity index (χ3v) is 4.65. The molecule has 3 aromatic rings. The molecule has 2 heterocycles. The number of hydrogen-bond donors (Lipinski definition) is 1. The molecular formula is C14H15N3S2. The van der Waals surface area contributed by atoms with E-state index in [-0.39, 0.29) is 0 Å². The Kier molecular flexibility index (Phi) is 3.84. The van der Waals surface area contributed by atoms with E-state index in [4.69, 9.17) is 0 Å². The Morgan fingerprint density at radius 2 is 2.16 bits per heavy atom. The highest BCUT2D eigenvalue weighted by atomic mass is 32.2. The Bertz CT molecular complexity index is 639. The number of aromatic nitrogens is 3. The van der Waals surface area contributed by atoms with E-state index in [1.54, 1.807) is 23.1 Å². The average Bonchev–Trinajstić information content (AvgIpc) is 3.02. The molecular weight excluding hydrogens is 274 g/mol. The molecule has 19 heavy (non-hydrogen) atoms. The number of para-hydroxylation sites is 2. The van der Waals surface area contributed by atoms with E-state index < -0.39 is 0 Å². The lowest BCUT2D eigenvalue weighted by Crippen LogP contribution is -1.85. The van der Waals surface area contributed by atoms with Crippen LogP contribution in [0.15, 0.2) is 34.8 Å². The number of aryl methyl sites for hydroxylation is 1. The summed E-state index contributed by atoms with van der Waals surface area (Å²) in [7, 11) is 0. The van der Waals surface area contributed by atoms with E-state index >= 15 is 0 Å². The minimum absolute atomic E-state index is 0.875. The van der Waals surface area contributed by atoms with Gasteiger partial charge in [-0.3, -0.25) is 0 Å². The number of fused-ring (bicyclic) bond motifs is 1. The van der Waals surface area contributed by atoms with Crippen LogP contribution in [-0.2, 0) is 12.2 Å². The highest BCUT2D eigenvalue weighted by Crippen LogP contribution is 2.24. The van der Waals surface area contributed by atoms with Gasteiger partial charge in [0.1, 0.15) is 0 Å². The third kappa shape index (κ3) is 2.98. The van der Waals surface area contributed by atoms with Gasteiger partial charge in [0, 0.05) is 11.1 Å². The van der Waals surface area contributed by atoms with Crippen molar-refractivity contribution in [2.24, 2.45) is 0 Å². The van der Waals surface area contributed by atoms with Gasteiger partial charge in [-0.15, -0.1) is 11.3 Å². The molecule has 0 fully saturated rings. The number of rotatable bonds is 5. The summed E-state index contributed by atoms with van der Waals surface area (Å²) in [6.07, 6.45) is 2.24. The summed E-state index contributed by atoms with van der Waals surface area (Å²) in [6.45, 7) is 2.18. The largest absolute Gasteiger partial charge is 0.333 e. The van der Waals surface area contributed by atoms with E-state index in [1.807, 2.05) is 18.2 Å². The van der Waals surface area contributed by atoms with E-state index in [0.29, 0.717) is 0 Å². The average molecular weight is 289 g/mol. The molecule has 2 aromatic heterocycles. The predicted octanol–water partition coefficient (Wildman–Crippen LogP) is 4.26. The molecule has 0 atom stereocenters. The number of aromatic amines is 1. The standard InChI is InChI=1S/C14H15N3S2/c1-2-5-13-15-10(8-18-13)9-19-14-16-11-6-3-4-7-12(11)17-14/h3-4,6-8H,2,5,9H2,1H3,(H,16,17). The van der Waals surface area contributed by atoms with Crippen LogP contribution in [0.1, 0.15) is 24.0 Å². The van der Waals surface area contributed by atoms with Crippen LogP contribution in [0.4, 0.5) is 0 Å². The van der Waals surface area contributed by atoms with Crippen molar-refractivity contribution >= 4 is 34.1 Å². The van der Waals surface area contributed by atoms with Crippen LogP contribution < -0.4 is 0 Å². The molecule has 0 saturated carbocycles. The summed E-state index contributed by atoms with van der Waals surface area (Å²) in [6, 6.07) is 8.11. The fourth-order valence-corrected chi connectivity index (χ4v) is 3.67. The number of thioether (sulfide) groups is 1. The van der Waals surface area contributed by atoms with E-state index in [2.05, 4.69) is 33.3 Å². The zero-order valence-corrected chi connectivity index (χ0v) is 12.4. The minimum atomic E-state index is 0.875. The monoisotopic (exact) mass is 289 g/mol. The third-order valence-electron chi connectivity index (χ3n) is 2.79. The van der Waals surface area contributed by atoms with Crippen LogP contribution in [0, 0.1) is 0 Å². The number of nitrogens with zero attached hydrogens (tertiary/aromatic N) is 2. The molecule has 3 rings (SSSR count). The lowest BCUT2D eigenvalue weighted by atomic mass is 10.3. The second-order valence-electron chi connectivity index (χ2n) is 4.33. The van der Waals surface area contributed by atoms with Gasteiger partial charge < -0.3 is 4.98 Å². The molecule has 5 heteroatoms. The van der Waals surface area contributed by atoms with Crippen molar-refractivity contribution in [1.82, 2.24) is 15.0 Å². The zero-order valence-electron chi connectivity index (χ0n) is 10.7. The Balaban J connectivity index is 1.67.